The van der Waals surface area contributed by atoms with Crippen LogP contribution in [-0.2, 0) is 14.4 Å². The Bertz CT molecular complexity index is 389. The zero-order valence-corrected chi connectivity index (χ0v) is 13.5. The molecule has 6 nitrogen and oxygen atoms in total. The second kappa shape index (κ2) is 8.92. The number of nitrogens with zero attached hydrogens (tertiary/aromatic N) is 2. The van der Waals surface area contributed by atoms with Gasteiger partial charge in [0.1, 0.15) is 6.04 Å². The van der Waals surface area contributed by atoms with Gasteiger partial charge in [0.15, 0.2) is 0 Å². The van der Waals surface area contributed by atoms with Crippen LogP contribution in [0.2, 0.25) is 0 Å². The lowest BCUT2D eigenvalue weighted by Crippen LogP contribution is -2.48. The van der Waals surface area contributed by atoms with Crippen LogP contribution in [0.4, 0.5) is 0 Å². The highest BCUT2D eigenvalue weighted by Gasteiger charge is 2.35. The molecule has 7 heteroatoms. The van der Waals surface area contributed by atoms with Gasteiger partial charge in [0.2, 0.25) is 11.8 Å². The fourth-order valence-corrected chi connectivity index (χ4v) is 3.37. The Hall–Kier alpha value is -1.24. The molecule has 0 aromatic rings. The Morgan fingerprint density at radius 1 is 1.29 bits per heavy atom. The van der Waals surface area contributed by atoms with Crippen molar-refractivity contribution >= 4 is 29.5 Å². The van der Waals surface area contributed by atoms with Crippen LogP contribution in [0.3, 0.4) is 0 Å². The van der Waals surface area contributed by atoms with E-state index in [-0.39, 0.29) is 18.2 Å². The highest BCUT2D eigenvalue weighted by atomic mass is 32.2. The summed E-state index contributed by atoms with van der Waals surface area (Å²) in [5.74, 6) is 0.292. The fourth-order valence-electron chi connectivity index (χ4n) is 2.20. The quantitative estimate of drug-likeness (QED) is 0.732. The Balaban J connectivity index is 2.50. The number of aliphatic carboxylic acids is 1. The van der Waals surface area contributed by atoms with Crippen molar-refractivity contribution in [3.63, 3.8) is 0 Å². The summed E-state index contributed by atoms with van der Waals surface area (Å²) in [7, 11) is 1.67. The van der Waals surface area contributed by atoms with Gasteiger partial charge in [-0.3, -0.25) is 14.4 Å². The minimum absolute atomic E-state index is 0.0409. The average molecular weight is 316 g/mol. The third-order valence-electron chi connectivity index (χ3n) is 3.49. The summed E-state index contributed by atoms with van der Waals surface area (Å²) in [6.07, 6.45) is 2.77. The van der Waals surface area contributed by atoms with Gasteiger partial charge < -0.3 is 14.9 Å². The number of hydrogen-bond donors (Lipinski definition) is 1. The molecule has 120 valence electrons. The molecule has 1 fully saturated rings. The molecule has 0 spiro atoms. The molecule has 1 unspecified atom stereocenters. The van der Waals surface area contributed by atoms with Crippen molar-refractivity contribution in [2.45, 2.75) is 45.1 Å². The van der Waals surface area contributed by atoms with Gasteiger partial charge in [-0.05, 0) is 12.8 Å². The van der Waals surface area contributed by atoms with E-state index in [1.165, 1.54) is 0 Å². The van der Waals surface area contributed by atoms with E-state index < -0.39 is 12.0 Å². The van der Waals surface area contributed by atoms with Crippen LogP contribution in [-0.4, -0.2) is 64.0 Å². The summed E-state index contributed by atoms with van der Waals surface area (Å²) in [5, 5.41) is 8.61. The molecule has 1 rings (SSSR count). The van der Waals surface area contributed by atoms with Crippen molar-refractivity contribution in [3.05, 3.63) is 0 Å². The molecule has 0 saturated carbocycles. The zero-order valence-electron chi connectivity index (χ0n) is 12.7. The topological polar surface area (TPSA) is 77.9 Å². The van der Waals surface area contributed by atoms with E-state index in [0.29, 0.717) is 31.0 Å². The maximum absolute atomic E-state index is 12.4. The van der Waals surface area contributed by atoms with E-state index in [9.17, 15) is 14.4 Å². The second-order valence-electron chi connectivity index (χ2n) is 5.24. The van der Waals surface area contributed by atoms with Crippen LogP contribution < -0.4 is 0 Å². The molecule has 2 amide bonds. The van der Waals surface area contributed by atoms with Crippen molar-refractivity contribution in [1.82, 2.24) is 9.80 Å². The van der Waals surface area contributed by atoms with E-state index in [1.807, 2.05) is 6.92 Å². The number of likely N-dealkylation sites (N-methyl/N-ethyl adjacent to an activating group) is 1. The van der Waals surface area contributed by atoms with Crippen molar-refractivity contribution in [2.75, 3.05) is 25.2 Å². The summed E-state index contributed by atoms with van der Waals surface area (Å²) in [5.41, 5.74) is 0. The number of thioether (sulfide) groups is 1. The molecule has 1 aliphatic rings. The number of carboxylic acids is 1. The fraction of sp³-hybridized carbons (Fsp3) is 0.786. The number of unbranched alkanes of at least 4 members (excludes halogenated alkanes) is 1. The van der Waals surface area contributed by atoms with E-state index in [4.69, 9.17) is 5.11 Å². The van der Waals surface area contributed by atoms with Crippen LogP contribution >= 0.6 is 11.8 Å². The van der Waals surface area contributed by atoms with Crippen molar-refractivity contribution in [3.8, 4) is 0 Å². The second-order valence-corrected chi connectivity index (χ2v) is 6.24. The molecule has 21 heavy (non-hydrogen) atoms. The monoisotopic (exact) mass is 316 g/mol. The number of carbonyl (C=O) groups is 3. The van der Waals surface area contributed by atoms with Crippen molar-refractivity contribution in [2.24, 2.45) is 0 Å². The first-order valence-electron chi connectivity index (χ1n) is 7.31. The zero-order chi connectivity index (χ0) is 15.8. The van der Waals surface area contributed by atoms with E-state index in [1.54, 1.807) is 28.6 Å². The lowest BCUT2D eigenvalue weighted by molar-refractivity contribution is -0.143. The molecular weight excluding hydrogens is 292 g/mol. The first-order valence-corrected chi connectivity index (χ1v) is 8.46. The van der Waals surface area contributed by atoms with Crippen molar-refractivity contribution < 1.29 is 19.5 Å². The molecule has 0 aromatic heterocycles. The number of hydrogen-bond acceptors (Lipinski definition) is 4. The van der Waals surface area contributed by atoms with Gasteiger partial charge in [-0.15, -0.1) is 11.8 Å². The SMILES string of the molecule is CCCCC(=O)N1CSCC1C(=O)N(C)CCCC(=O)O. The number of rotatable bonds is 8. The van der Waals surface area contributed by atoms with Gasteiger partial charge in [0, 0.05) is 32.2 Å². The Kier molecular flexibility index (Phi) is 7.56. The van der Waals surface area contributed by atoms with Gasteiger partial charge in [-0.25, -0.2) is 0 Å². The maximum Gasteiger partial charge on any atom is 0.303 e. The summed E-state index contributed by atoms with van der Waals surface area (Å²) in [6.45, 7) is 2.44. The standard InChI is InChI=1S/C14H24N2O4S/c1-3-4-6-12(17)16-10-21-9-11(16)14(20)15(2)8-5-7-13(18)19/h11H,3-10H2,1-2H3,(H,18,19). The average Bonchev–Trinajstić information content (AvgIpc) is 2.92. The Morgan fingerprint density at radius 3 is 2.62 bits per heavy atom. The van der Waals surface area contributed by atoms with Crippen LogP contribution in [0.25, 0.3) is 0 Å². The smallest absolute Gasteiger partial charge is 0.303 e. The number of carboxylic acid groups (broad SMARTS) is 1. The first-order chi connectivity index (χ1) is 9.97. The molecule has 1 heterocycles. The highest BCUT2D eigenvalue weighted by Crippen LogP contribution is 2.23. The highest BCUT2D eigenvalue weighted by molar-refractivity contribution is 7.99. The Morgan fingerprint density at radius 2 is 2.00 bits per heavy atom. The maximum atomic E-state index is 12.4. The number of carbonyl (C=O) groups excluding carboxylic acids is 2. The summed E-state index contributed by atoms with van der Waals surface area (Å²) >= 11 is 1.59. The van der Waals surface area contributed by atoms with Gasteiger partial charge >= 0.3 is 5.97 Å². The van der Waals surface area contributed by atoms with Gasteiger partial charge in [-0.2, -0.15) is 0 Å². The predicted octanol–water partition coefficient (Wildman–Crippen LogP) is 1.40. The van der Waals surface area contributed by atoms with Gasteiger partial charge in [0.05, 0.1) is 5.88 Å². The molecule has 0 aromatic carbocycles. The molecule has 1 aliphatic heterocycles. The minimum Gasteiger partial charge on any atom is -0.481 e. The van der Waals surface area contributed by atoms with Gasteiger partial charge in [0.25, 0.3) is 0 Å². The summed E-state index contributed by atoms with van der Waals surface area (Å²) in [4.78, 5) is 38.2. The summed E-state index contributed by atoms with van der Waals surface area (Å²) in [6, 6.07) is -0.394. The third kappa shape index (κ3) is 5.57. The van der Waals surface area contributed by atoms with E-state index in [0.717, 1.165) is 12.8 Å². The molecule has 0 aliphatic carbocycles. The molecule has 0 bridgehead atoms. The third-order valence-corrected chi connectivity index (χ3v) is 4.50. The van der Waals surface area contributed by atoms with E-state index >= 15 is 0 Å². The summed E-state index contributed by atoms with van der Waals surface area (Å²) < 4.78 is 0. The predicted molar refractivity (Wildman–Crippen MR) is 82.0 cm³/mol. The van der Waals surface area contributed by atoms with E-state index in [2.05, 4.69) is 0 Å². The van der Waals surface area contributed by atoms with Crippen molar-refractivity contribution in [1.29, 1.82) is 0 Å². The van der Waals surface area contributed by atoms with Crippen LogP contribution in [0.1, 0.15) is 39.0 Å². The molecular formula is C14H24N2O4S. The van der Waals surface area contributed by atoms with Crippen LogP contribution in [0.15, 0.2) is 0 Å². The number of amides is 2. The minimum atomic E-state index is -0.858. The lowest BCUT2D eigenvalue weighted by Gasteiger charge is -2.27. The van der Waals surface area contributed by atoms with Crippen LogP contribution in [0.5, 0.6) is 0 Å². The van der Waals surface area contributed by atoms with Crippen LogP contribution in [0, 0.1) is 0 Å². The molecule has 1 saturated heterocycles. The largest absolute Gasteiger partial charge is 0.481 e. The molecule has 1 atom stereocenters. The van der Waals surface area contributed by atoms with Gasteiger partial charge in [-0.1, -0.05) is 13.3 Å². The lowest BCUT2D eigenvalue weighted by atomic mass is 10.2. The first kappa shape index (κ1) is 17.8. The molecule has 1 N–H and O–H groups in total. The molecule has 0 radical (unpaired) electrons. The Labute approximate surface area is 129 Å². The normalized spacial score (nSPS) is 17.8.